The lowest BCUT2D eigenvalue weighted by atomic mass is 10.3. The third-order valence-electron chi connectivity index (χ3n) is 2.10. The van der Waals surface area contributed by atoms with Crippen LogP contribution in [0.15, 0.2) is 0 Å². The first-order valence-electron chi connectivity index (χ1n) is 4.57. The van der Waals surface area contributed by atoms with Crippen molar-refractivity contribution in [1.29, 1.82) is 0 Å². The molecule has 0 aromatic carbocycles. The van der Waals surface area contributed by atoms with Gasteiger partial charge in [-0.15, -0.1) is 0 Å². The topological polar surface area (TPSA) is 46.2 Å². The van der Waals surface area contributed by atoms with Crippen LogP contribution in [-0.4, -0.2) is 43.5 Å². The van der Waals surface area contributed by atoms with Crippen LogP contribution in [-0.2, 0) is 9.84 Å². The monoisotopic (exact) mass is 223 g/mol. The lowest BCUT2D eigenvalue weighted by Gasteiger charge is -2.29. The predicted octanol–water partition coefficient (Wildman–Crippen LogP) is 0.515. The Bertz CT molecular complexity index is 247. The largest absolute Gasteiger partial charge is 0.309 e. The van der Waals surface area contributed by atoms with Crippen LogP contribution in [0.2, 0.25) is 0 Å². The molecule has 0 saturated carbocycles. The van der Waals surface area contributed by atoms with Crippen molar-refractivity contribution in [1.82, 2.24) is 5.32 Å². The number of hydrogen-bond acceptors (Lipinski definition) is 4. The molecule has 0 bridgehead atoms. The molecule has 0 aromatic heterocycles. The maximum Gasteiger partial charge on any atom is 0.151 e. The van der Waals surface area contributed by atoms with Crippen molar-refractivity contribution in [2.45, 2.75) is 25.9 Å². The van der Waals surface area contributed by atoms with Gasteiger partial charge < -0.3 is 5.32 Å². The van der Waals surface area contributed by atoms with E-state index >= 15 is 0 Å². The first kappa shape index (κ1) is 11.3. The number of thioether (sulfide) groups is 1. The summed E-state index contributed by atoms with van der Waals surface area (Å²) in [6.07, 6.45) is 0. The highest BCUT2D eigenvalue weighted by Crippen LogP contribution is 2.17. The molecule has 0 spiro atoms. The van der Waals surface area contributed by atoms with Gasteiger partial charge in [0.1, 0.15) is 0 Å². The fourth-order valence-corrected chi connectivity index (χ4v) is 3.04. The van der Waals surface area contributed by atoms with E-state index in [9.17, 15) is 8.42 Å². The maximum absolute atomic E-state index is 11.3. The van der Waals surface area contributed by atoms with Crippen LogP contribution in [0.4, 0.5) is 0 Å². The molecule has 1 aliphatic rings. The van der Waals surface area contributed by atoms with Gasteiger partial charge >= 0.3 is 0 Å². The summed E-state index contributed by atoms with van der Waals surface area (Å²) < 4.78 is 22.5. The van der Waals surface area contributed by atoms with Gasteiger partial charge in [-0.1, -0.05) is 6.92 Å². The summed E-state index contributed by atoms with van der Waals surface area (Å²) in [5, 5.41) is 3.31. The zero-order valence-corrected chi connectivity index (χ0v) is 9.75. The van der Waals surface area contributed by atoms with Crippen LogP contribution in [0, 0.1) is 0 Å². The van der Waals surface area contributed by atoms with Crippen molar-refractivity contribution in [3.05, 3.63) is 0 Å². The lowest BCUT2D eigenvalue weighted by Crippen LogP contribution is -2.47. The third-order valence-corrected chi connectivity index (χ3v) is 5.27. The minimum atomic E-state index is -2.82. The molecule has 3 nitrogen and oxygen atoms in total. The summed E-state index contributed by atoms with van der Waals surface area (Å²) in [5.41, 5.74) is 0. The van der Waals surface area contributed by atoms with Gasteiger partial charge in [0.25, 0.3) is 0 Å². The van der Waals surface area contributed by atoms with E-state index in [-0.39, 0.29) is 17.5 Å². The van der Waals surface area contributed by atoms with E-state index in [2.05, 4.69) is 5.32 Å². The first-order chi connectivity index (χ1) is 6.03. The van der Waals surface area contributed by atoms with E-state index in [0.29, 0.717) is 6.04 Å². The zero-order valence-electron chi connectivity index (χ0n) is 8.12. The third kappa shape index (κ3) is 3.87. The minimum absolute atomic E-state index is 0.0934. The molecule has 1 unspecified atom stereocenters. The van der Waals surface area contributed by atoms with Crippen molar-refractivity contribution in [3.63, 3.8) is 0 Å². The van der Waals surface area contributed by atoms with Gasteiger partial charge in [0, 0.05) is 29.3 Å². The molecule has 13 heavy (non-hydrogen) atoms. The normalized spacial score (nSPS) is 21.1. The molecule has 0 aromatic rings. The summed E-state index contributed by atoms with van der Waals surface area (Å²) in [6.45, 7) is 3.64. The SMILES string of the molecule is CCS(=O)(=O)CC(C)NC1CSC1. The van der Waals surface area contributed by atoms with Crippen LogP contribution in [0.25, 0.3) is 0 Å². The van der Waals surface area contributed by atoms with Crippen LogP contribution in [0.3, 0.4) is 0 Å². The summed E-state index contributed by atoms with van der Waals surface area (Å²) in [7, 11) is -2.82. The van der Waals surface area contributed by atoms with Crippen LogP contribution < -0.4 is 5.32 Å². The molecule has 1 atom stereocenters. The average molecular weight is 223 g/mol. The lowest BCUT2D eigenvalue weighted by molar-refractivity contribution is 0.507. The van der Waals surface area contributed by atoms with Gasteiger partial charge in [-0.2, -0.15) is 11.8 Å². The second kappa shape index (κ2) is 4.66. The van der Waals surface area contributed by atoms with Crippen molar-refractivity contribution in [2.24, 2.45) is 0 Å². The highest BCUT2D eigenvalue weighted by atomic mass is 32.2. The van der Waals surface area contributed by atoms with E-state index in [1.165, 1.54) is 0 Å². The smallest absolute Gasteiger partial charge is 0.151 e. The fraction of sp³-hybridized carbons (Fsp3) is 1.00. The molecule has 0 aliphatic carbocycles. The van der Waals surface area contributed by atoms with Gasteiger partial charge in [-0.05, 0) is 6.92 Å². The molecule has 1 fully saturated rings. The number of hydrogen-bond donors (Lipinski definition) is 1. The molecule has 1 rings (SSSR count). The summed E-state index contributed by atoms with van der Waals surface area (Å²) >= 11 is 1.90. The molecular formula is C8H17NO2S2. The highest BCUT2D eigenvalue weighted by Gasteiger charge is 2.21. The number of rotatable bonds is 5. The average Bonchev–Trinajstić information content (AvgIpc) is 1.96. The van der Waals surface area contributed by atoms with Gasteiger partial charge in [0.05, 0.1) is 5.75 Å². The standard InChI is InChI=1S/C8H17NO2S2/c1-3-13(10,11)6-7(2)9-8-4-12-5-8/h7-9H,3-6H2,1-2H3. The second-order valence-electron chi connectivity index (χ2n) is 3.50. The molecule has 5 heteroatoms. The first-order valence-corrected chi connectivity index (χ1v) is 7.55. The summed E-state index contributed by atoms with van der Waals surface area (Å²) in [6, 6.07) is 0.628. The van der Waals surface area contributed by atoms with Gasteiger partial charge in [0.15, 0.2) is 9.84 Å². The van der Waals surface area contributed by atoms with E-state index in [1.807, 2.05) is 18.7 Å². The Hall–Kier alpha value is 0.260. The Balaban J connectivity index is 2.27. The van der Waals surface area contributed by atoms with Crippen molar-refractivity contribution in [3.8, 4) is 0 Å². The molecule has 0 radical (unpaired) electrons. The van der Waals surface area contributed by atoms with Gasteiger partial charge in [-0.3, -0.25) is 0 Å². The Morgan fingerprint density at radius 2 is 2.15 bits per heavy atom. The van der Waals surface area contributed by atoms with E-state index in [4.69, 9.17) is 0 Å². The van der Waals surface area contributed by atoms with Crippen molar-refractivity contribution < 1.29 is 8.42 Å². The number of sulfone groups is 1. The highest BCUT2D eigenvalue weighted by molar-refractivity contribution is 8.00. The van der Waals surface area contributed by atoms with Crippen LogP contribution in [0.5, 0.6) is 0 Å². The Morgan fingerprint density at radius 3 is 2.54 bits per heavy atom. The molecule has 78 valence electrons. The summed E-state index contributed by atoms with van der Waals surface area (Å²) in [5.74, 6) is 2.76. The van der Waals surface area contributed by atoms with E-state index in [0.717, 1.165) is 11.5 Å². The Morgan fingerprint density at radius 1 is 1.54 bits per heavy atom. The quantitative estimate of drug-likeness (QED) is 0.738. The van der Waals surface area contributed by atoms with Crippen LogP contribution >= 0.6 is 11.8 Å². The molecule has 1 heterocycles. The molecule has 0 amide bonds. The minimum Gasteiger partial charge on any atom is -0.309 e. The maximum atomic E-state index is 11.3. The molecule has 1 N–H and O–H groups in total. The number of nitrogens with one attached hydrogen (secondary N) is 1. The fourth-order valence-electron chi connectivity index (χ4n) is 1.28. The van der Waals surface area contributed by atoms with Crippen molar-refractivity contribution in [2.75, 3.05) is 23.0 Å². The zero-order chi connectivity index (χ0) is 9.90. The molecule has 1 saturated heterocycles. The van der Waals surface area contributed by atoms with Crippen LogP contribution in [0.1, 0.15) is 13.8 Å². The molecular weight excluding hydrogens is 206 g/mol. The Kier molecular flexibility index (Phi) is 4.06. The van der Waals surface area contributed by atoms with Gasteiger partial charge in [0.2, 0.25) is 0 Å². The van der Waals surface area contributed by atoms with E-state index < -0.39 is 9.84 Å². The van der Waals surface area contributed by atoms with E-state index in [1.54, 1.807) is 6.92 Å². The Labute approximate surface area is 84.6 Å². The predicted molar refractivity (Wildman–Crippen MR) is 58.0 cm³/mol. The second-order valence-corrected chi connectivity index (χ2v) is 6.97. The van der Waals surface area contributed by atoms with Crippen molar-refractivity contribution >= 4 is 21.6 Å². The molecule has 1 aliphatic heterocycles. The summed E-state index contributed by atoms with van der Waals surface area (Å²) in [4.78, 5) is 0. The van der Waals surface area contributed by atoms with Gasteiger partial charge in [-0.25, -0.2) is 8.42 Å².